The first-order valence-corrected chi connectivity index (χ1v) is 43.0. The topological polar surface area (TPSA) is 913 Å². The summed E-state index contributed by atoms with van der Waals surface area (Å²) >= 11 is 1.26. The number of nitrogens with two attached hydrogens (primary N) is 9. The number of rotatable bonds is 65. The van der Waals surface area contributed by atoms with Gasteiger partial charge in [0.1, 0.15) is 48.3 Å². The fourth-order valence-electron chi connectivity index (χ4n) is 12.8. The number of guanidine groups is 7. The summed E-state index contributed by atoms with van der Waals surface area (Å²) in [4.78, 5) is 175. The van der Waals surface area contributed by atoms with Crippen molar-refractivity contribution >= 4 is 146 Å². The van der Waals surface area contributed by atoms with Crippen LogP contribution in [0.3, 0.4) is 0 Å². The second kappa shape index (κ2) is 59.4. The maximum atomic E-state index is 14.9. The number of primary amides is 1. The Kier molecular flexibility index (Phi) is 49.2. The van der Waals surface area contributed by atoms with Crippen molar-refractivity contribution in [3.63, 3.8) is 0 Å². The van der Waals surface area contributed by atoms with Gasteiger partial charge < -0.3 is 147 Å². The Balaban J connectivity index is 1.50. The quantitative estimate of drug-likeness (QED) is 0.00645. The zero-order valence-corrected chi connectivity index (χ0v) is 72.7. The van der Waals surface area contributed by atoms with E-state index in [1.807, 2.05) is 0 Å². The molecule has 0 radical (unpaired) electrons. The normalized spacial score (nSPS) is 12.7. The molecular formula is C75H127N39O14S. The van der Waals surface area contributed by atoms with Crippen molar-refractivity contribution in [2.75, 3.05) is 76.5 Å². The van der Waals surface area contributed by atoms with E-state index in [1.165, 1.54) is 29.7 Å². The number of hydrogen-bond acceptors (Lipinski definition) is 28. The lowest BCUT2D eigenvalue weighted by Gasteiger charge is -2.28. The molecular weight excluding hydrogens is 1700 g/mol. The minimum Gasteiger partial charge on any atom is -0.383 e. The third-order valence-corrected chi connectivity index (χ3v) is 20.5. The number of hydrogen-bond donors (Lipinski definition) is 34. The number of anilines is 2. The third-order valence-electron chi connectivity index (χ3n) is 19.4. The van der Waals surface area contributed by atoms with Crippen molar-refractivity contribution in [3.05, 3.63) is 51.5 Å². The fraction of sp³-hybridized carbons (Fsp3) is 0.573. The molecule has 4 rings (SSSR count). The van der Waals surface area contributed by atoms with Crippen LogP contribution in [0.2, 0.25) is 0 Å². The smallest absolute Gasteiger partial charge is 0.300 e. The number of nitrogens with one attached hydrogen (secondary N) is 25. The van der Waals surface area contributed by atoms with E-state index in [2.05, 4.69) is 116 Å². The molecule has 8 atom stereocenters. The Bertz CT molecular complexity index is 4420. The summed E-state index contributed by atoms with van der Waals surface area (Å²) in [5.74, 6) is -10.9. The average molecular weight is 1830 g/mol. The number of thiophene rings is 1. The third kappa shape index (κ3) is 44.3. The number of nitrogen functional groups attached to an aromatic ring is 1. The molecule has 0 bridgehead atoms. The minimum absolute atomic E-state index is 0.00539. The highest BCUT2D eigenvalue weighted by atomic mass is 32.1. The average Bonchev–Trinajstić information content (AvgIpc) is 1.68. The highest BCUT2D eigenvalue weighted by Crippen LogP contribution is 2.30. The number of fused-ring (bicyclic) bond motifs is 1. The Hall–Kier alpha value is -14.5. The number of aromatic nitrogens is 4. The van der Waals surface area contributed by atoms with Gasteiger partial charge in [-0.2, -0.15) is 0 Å². The lowest BCUT2D eigenvalue weighted by Crippen LogP contribution is -2.60. The van der Waals surface area contributed by atoms with Gasteiger partial charge in [0, 0.05) is 90.6 Å². The number of carbonyl (C=O) groups excluding carboxylic acids is 11. The Morgan fingerprint density at radius 2 is 0.705 bits per heavy atom. The van der Waals surface area contributed by atoms with E-state index in [4.69, 9.17) is 94.1 Å². The molecule has 43 N–H and O–H groups in total. The molecule has 11 amide bonds. The maximum Gasteiger partial charge on any atom is 0.300 e. The summed E-state index contributed by atoms with van der Waals surface area (Å²) in [6.45, 7) is 1.09. The van der Waals surface area contributed by atoms with Crippen LogP contribution in [0, 0.1) is 48.0 Å². The Labute approximate surface area is 747 Å². The molecule has 4 aromatic rings. The molecule has 1 aromatic carbocycles. The molecule has 0 unspecified atom stereocenters. The lowest BCUT2D eigenvalue weighted by molar-refractivity contribution is -0.383. The van der Waals surface area contributed by atoms with Crippen LogP contribution in [-0.2, 0) is 47.9 Å². The summed E-state index contributed by atoms with van der Waals surface area (Å²) in [7, 11) is 0. The predicted molar refractivity (Wildman–Crippen MR) is 482 cm³/mol. The number of nitro groups is 1. The van der Waals surface area contributed by atoms with E-state index in [9.17, 15) is 62.9 Å². The number of unbranched alkanes of at least 4 members (excludes halogenated alkanes) is 5. The molecule has 0 spiro atoms. The van der Waals surface area contributed by atoms with Gasteiger partial charge in [0.15, 0.2) is 47.2 Å². The highest BCUT2D eigenvalue weighted by molar-refractivity contribution is 7.17. The molecule has 0 aliphatic carbocycles. The molecule has 129 heavy (non-hydrogen) atoms. The fourth-order valence-corrected chi connectivity index (χ4v) is 13.7. The van der Waals surface area contributed by atoms with Gasteiger partial charge in [0.2, 0.25) is 70.5 Å². The molecule has 0 saturated heterocycles. The summed E-state index contributed by atoms with van der Waals surface area (Å²) in [5.41, 5.74) is 51.0. The molecule has 0 aliphatic rings. The molecule has 54 heteroatoms. The van der Waals surface area contributed by atoms with Gasteiger partial charge >= 0.3 is 5.69 Å². The van der Waals surface area contributed by atoms with Gasteiger partial charge in [0.05, 0.1) is 26.1 Å². The molecule has 3 aromatic heterocycles. The number of benzene rings is 1. The number of nitro benzene ring substituents is 1. The first-order chi connectivity index (χ1) is 61.5. The Morgan fingerprint density at radius 3 is 1.07 bits per heavy atom. The number of non-ortho nitro benzene ring substituents is 1. The number of nitrogens with zero attached hydrogens (tertiary/aromatic N) is 5. The van der Waals surface area contributed by atoms with Crippen LogP contribution in [0.25, 0.3) is 21.6 Å². The van der Waals surface area contributed by atoms with Crippen LogP contribution in [0.1, 0.15) is 170 Å². The van der Waals surface area contributed by atoms with Crippen LogP contribution in [0.15, 0.2) is 41.2 Å². The van der Waals surface area contributed by atoms with E-state index in [-0.39, 0.29) is 221 Å². The highest BCUT2D eigenvalue weighted by Gasteiger charge is 2.35. The van der Waals surface area contributed by atoms with Crippen LogP contribution in [0.4, 0.5) is 17.3 Å². The molecule has 0 fully saturated rings. The van der Waals surface area contributed by atoms with Gasteiger partial charge in [-0.25, -0.2) is 14.6 Å². The first-order valence-electron chi connectivity index (χ1n) is 42.2. The van der Waals surface area contributed by atoms with Gasteiger partial charge in [-0.3, -0.25) is 101 Å². The van der Waals surface area contributed by atoms with Crippen molar-refractivity contribution in [2.24, 2.45) is 45.9 Å². The first kappa shape index (κ1) is 107. The van der Waals surface area contributed by atoms with Crippen LogP contribution in [0.5, 0.6) is 0 Å². The van der Waals surface area contributed by atoms with Crippen molar-refractivity contribution < 1.29 is 62.3 Å². The number of carbonyl (C=O) groups is 11. The van der Waals surface area contributed by atoms with Crippen molar-refractivity contribution in [2.45, 2.75) is 209 Å². The van der Waals surface area contributed by atoms with E-state index in [1.54, 1.807) is 18.2 Å². The number of amides is 11. The largest absolute Gasteiger partial charge is 0.383 e. The van der Waals surface area contributed by atoms with Crippen LogP contribution < -0.4 is 147 Å². The van der Waals surface area contributed by atoms with Crippen molar-refractivity contribution in [3.8, 4) is 10.6 Å². The van der Waals surface area contributed by atoms with Crippen molar-refractivity contribution in [1.82, 2.24) is 111 Å². The van der Waals surface area contributed by atoms with Gasteiger partial charge in [0.25, 0.3) is 5.91 Å². The van der Waals surface area contributed by atoms with Gasteiger partial charge in [-0.05, 0) is 169 Å². The summed E-state index contributed by atoms with van der Waals surface area (Å²) < 4.78 is 4.73. The molecule has 3 heterocycles. The minimum atomic E-state index is -1.57. The lowest BCUT2D eigenvalue weighted by atomic mass is 10.0. The standard InChI is InChI=1S/C75H127N39O14S/c76-59(117)44(16-5-8-31-92-43-26-27-52(114(126)127)58-57(43)112-128-113-58)105-62(120)47(19-11-36-97-70(81)82)107-64(122)49(21-13-38-99-72(85)86)109-66(124)51(23-15-40-101-74(89)90)110-65(123)50(22-14-39-100-73(87)88)108-63(121)48(20-12-37-98-71(83)84)106-61(119)46(18-10-35-96-69(79)80)104-56(116)25-3-1-6-32-93-60(118)45(17-9-34-95-68(77)78)103-55(115)24-4-2-7-33-94-67(125)54-29-28-53(129-54)42-30-41-102-75(91)111-42/h26-30,41,44-51,92H,1-25,31-40H2,(H2,76,117)(H,93,118)(H,94,125)(H,103,115)(H,104,116)(H,105,120)(H,106,119)(H,107,122)(H,108,121)(H,109,124)(H,110,123)(H4,77,78,95)(H4,79,80,96)(H4,81,82,97)(H4,83,84,98)(H4,85,86,99)(H4,87,88,100)(H4,89,90,101)(H2,91,102,111)/t44-,45-,46-,47-,48-,49-,50-,51-/m1/s1. The van der Waals surface area contributed by atoms with Crippen molar-refractivity contribution in [1.29, 1.82) is 37.9 Å². The van der Waals surface area contributed by atoms with E-state index in [0.717, 1.165) is 4.88 Å². The SMILES string of the molecule is N=C(N)NCCC[C@@H](NC(=O)CCCCCNC(=O)c1ccc(-c2ccnc(N)n2)s1)C(=O)NCCCCCC(=O)N[C@H](CCCNC(=N)N)C(=O)N[C@H](CCCNC(=N)N)C(=O)N[C@H](CCCNC(=N)N)C(=O)N[C@H](CCCNC(=N)N)C(=O)N[C@H](CCCNC(=N)N)C(=O)N[C@H](CCCNC(=N)N)C(=O)N[C@H](CCCCNc1ccc([N+](=O)[O-])c2nonc12)C(N)=O. The summed E-state index contributed by atoms with van der Waals surface area (Å²) in [6, 6.07) is -3.39. The maximum absolute atomic E-state index is 14.9. The molecule has 53 nitrogen and oxygen atoms in total. The second-order valence-electron chi connectivity index (χ2n) is 29.8. The van der Waals surface area contributed by atoms with E-state index in [0.29, 0.717) is 67.7 Å². The van der Waals surface area contributed by atoms with E-state index < -0.39 is 136 Å². The molecule has 712 valence electrons. The van der Waals surface area contributed by atoms with Crippen LogP contribution >= 0.6 is 11.3 Å². The van der Waals surface area contributed by atoms with E-state index >= 15 is 0 Å². The van der Waals surface area contributed by atoms with Gasteiger partial charge in [-0.15, -0.1) is 11.3 Å². The molecule has 0 aliphatic heterocycles. The molecule has 0 saturated carbocycles. The Morgan fingerprint density at radius 1 is 0.372 bits per heavy atom. The monoisotopic (exact) mass is 1830 g/mol. The summed E-state index contributed by atoms with van der Waals surface area (Å²) in [6.07, 6.45) is 4.76. The zero-order valence-electron chi connectivity index (χ0n) is 71.9. The second-order valence-corrected chi connectivity index (χ2v) is 30.9. The predicted octanol–water partition coefficient (Wildman–Crippen LogP) is -5.31. The van der Waals surface area contributed by atoms with Gasteiger partial charge in [-0.1, -0.05) is 12.8 Å². The zero-order chi connectivity index (χ0) is 95.2. The van der Waals surface area contributed by atoms with Crippen LogP contribution in [-0.4, -0.2) is 246 Å². The summed E-state index contributed by atoms with van der Waals surface area (Å²) in [5, 5.41) is 121.